The second-order valence-electron chi connectivity index (χ2n) is 3.97. The molecule has 5 heteroatoms. The summed E-state index contributed by atoms with van der Waals surface area (Å²) in [5.74, 6) is -0.0244. The van der Waals surface area contributed by atoms with Crippen molar-refractivity contribution in [2.75, 3.05) is 0 Å². The highest BCUT2D eigenvalue weighted by molar-refractivity contribution is 5.70. The van der Waals surface area contributed by atoms with Crippen LogP contribution in [0.1, 0.15) is 16.9 Å². The molecule has 1 heterocycles. The Morgan fingerprint density at radius 3 is 2.50 bits per heavy atom. The third-order valence-electron chi connectivity index (χ3n) is 2.50. The van der Waals surface area contributed by atoms with Crippen molar-refractivity contribution in [1.29, 1.82) is 0 Å². The highest BCUT2D eigenvalue weighted by Crippen LogP contribution is 2.05. The van der Waals surface area contributed by atoms with Gasteiger partial charge in [0, 0.05) is 12.6 Å². The summed E-state index contributed by atoms with van der Waals surface area (Å²) in [6.07, 6.45) is 1.67. The zero-order chi connectivity index (χ0) is 12.8. The van der Waals surface area contributed by atoms with Gasteiger partial charge >= 0.3 is 5.97 Å². The number of carboxylic acids is 1. The molecule has 0 radical (unpaired) electrons. The molecular formula is C13H14N2O3. The van der Waals surface area contributed by atoms with Crippen LogP contribution in [-0.2, 0) is 24.3 Å². The Bertz CT molecular complexity index is 491. The molecule has 0 saturated heterocycles. The molecule has 0 saturated carbocycles. The Morgan fingerprint density at radius 1 is 1.17 bits per heavy atom. The van der Waals surface area contributed by atoms with E-state index in [0.29, 0.717) is 13.1 Å². The van der Waals surface area contributed by atoms with Gasteiger partial charge in [0.1, 0.15) is 5.76 Å². The van der Waals surface area contributed by atoms with Crippen LogP contribution in [0.5, 0.6) is 0 Å². The van der Waals surface area contributed by atoms with E-state index in [-0.39, 0.29) is 6.42 Å². The SMILES string of the molecule is O=C(O)Cc1ccc(CNCc2ccno2)cc1. The fraction of sp³-hybridized carbons (Fsp3) is 0.231. The second kappa shape index (κ2) is 5.97. The van der Waals surface area contributed by atoms with Crippen molar-refractivity contribution in [3.8, 4) is 0 Å². The van der Waals surface area contributed by atoms with E-state index >= 15 is 0 Å². The Balaban J connectivity index is 1.81. The fourth-order valence-corrected chi connectivity index (χ4v) is 1.61. The second-order valence-corrected chi connectivity index (χ2v) is 3.97. The lowest BCUT2D eigenvalue weighted by atomic mass is 10.1. The third-order valence-corrected chi connectivity index (χ3v) is 2.50. The smallest absolute Gasteiger partial charge is 0.307 e. The summed E-state index contributed by atoms with van der Waals surface area (Å²) < 4.78 is 4.96. The summed E-state index contributed by atoms with van der Waals surface area (Å²) >= 11 is 0. The number of nitrogens with one attached hydrogen (secondary N) is 1. The fourth-order valence-electron chi connectivity index (χ4n) is 1.61. The van der Waals surface area contributed by atoms with Gasteiger partial charge in [-0.1, -0.05) is 29.4 Å². The average Bonchev–Trinajstić information content (AvgIpc) is 2.84. The highest BCUT2D eigenvalue weighted by Gasteiger charge is 2.01. The lowest BCUT2D eigenvalue weighted by molar-refractivity contribution is -0.136. The molecule has 2 aromatic rings. The quantitative estimate of drug-likeness (QED) is 0.809. The number of aliphatic carboxylic acids is 1. The Hall–Kier alpha value is -2.14. The van der Waals surface area contributed by atoms with E-state index < -0.39 is 5.97 Å². The first-order valence-corrected chi connectivity index (χ1v) is 5.64. The molecular weight excluding hydrogens is 232 g/mol. The van der Waals surface area contributed by atoms with Crippen molar-refractivity contribution in [3.05, 3.63) is 53.4 Å². The molecule has 0 bridgehead atoms. The summed E-state index contributed by atoms with van der Waals surface area (Å²) in [6.45, 7) is 1.32. The molecule has 1 aromatic heterocycles. The van der Waals surface area contributed by atoms with Crippen molar-refractivity contribution in [2.24, 2.45) is 0 Å². The van der Waals surface area contributed by atoms with E-state index in [1.54, 1.807) is 6.20 Å². The molecule has 0 amide bonds. The highest BCUT2D eigenvalue weighted by atomic mass is 16.5. The molecule has 0 aliphatic rings. The number of carboxylic acid groups (broad SMARTS) is 1. The van der Waals surface area contributed by atoms with E-state index in [1.165, 1.54) is 0 Å². The summed E-state index contributed by atoms with van der Waals surface area (Å²) in [6, 6.07) is 9.32. The molecule has 0 atom stereocenters. The van der Waals surface area contributed by atoms with Gasteiger partial charge < -0.3 is 14.9 Å². The average molecular weight is 246 g/mol. The lowest BCUT2D eigenvalue weighted by Crippen LogP contribution is -2.12. The van der Waals surface area contributed by atoms with Gasteiger partial charge in [-0.2, -0.15) is 0 Å². The zero-order valence-corrected chi connectivity index (χ0v) is 9.80. The predicted molar refractivity (Wildman–Crippen MR) is 64.8 cm³/mol. The Morgan fingerprint density at radius 2 is 1.89 bits per heavy atom. The van der Waals surface area contributed by atoms with Crippen LogP contribution in [0.2, 0.25) is 0 Å². The van der Waals surface area contributed by atoms with Gasteiger partial charge in [-0.15, -0.1) is 0 Å². The molecule has 18 heavy (non-hydrogen) atoms. The molecule has 0 spiro atoms. The minimum Gasteiger partial charge on any atom is -0.481 e. The van der Waals surface area contributed by atoms with Crippen molar-refractivity contribution >= 4 is 5.97 Å². The molecule has 2 N–H and O–H groups in total. The normalized spacial score (nSPS) is 10.4. The molecule has 5 nitrogen and oxygen atoms in total. The number of aromatic nitrogens is 1. The minimum atomic E-state index is -0.814. The molecule has 0 aliphatic carbocycles. The van der Waals surface area contributed by atoms with Crippen LogP contribution in [0.3, 0.4) is 0 Å². The largest absolute Gasteiger partial charge is 0.481 e. The Kier molecular flexibility index (Phi) is 4.09. The summed E-state index contributed by atoms with van der Waals surface area (Å²) in [5, 5.41) is 15.5. The maximum absolute atomic E-state index is 10.5. The van der Waals surface area contributed by atoms with Crippen LogP contribution in [0, 0.1) is 0 Å². The minimum absolute atomic E-state index is 0.0613. The van der Waals surface area contributed by atoms with Crippen LogP contribution in [-0.4, -0.2) is 16.2 Å². The first-order valence-electron chi connectivity index (χ1n) is 5.64. The van der Waals surface area contributed by atoms with E-state index in [2.05, 4.69) is 10.5 Å². The number of hydrogen-bond acceptors (Lipinski definition) is 4. The summed E-state index contributed by atoms with van der Waals surface area (Å²) in [5.41, 5.74) is 1.91. The molecule has 2 rings (SSSR count). The van der Waals surface area contributed by atoms with Crippen molar-refractivity contribution in [3.63, 3.8) is 0 Å². The van der Waals surface area contributed by atoms with Crippen LogP contribution >= 0.6 is 0 Å². The number of hydrogen-bond donors (Lipinski definition) is 2. The standard InChI is InChI=1S/C13H14N2O3/c16-13(17)7-10-1-3-11(4-2-10)8-14-9-12-5-6-15-18-12/h1-6,14H,7-9H2,(H,16,17). The van der Waals surface area contributed by atoms with Crippen molar-refractivity contribution in [1.82, 2.24) is 10.5 Å². The number of nitrogens with zero attached hydrogens (tertiary/aromatic N) is 1. The van der Waals surface area contributed by atoms with Gasteiger partial charge in [0.2, 0.25) is 0 Å². The van der Waals surface area contributed by atoms with Gasteiger partial charge in [0.25, 0.3) is 0 Å². The molecule has 0 unspecified atom stereocenters. The van der Waals surface area contributed by atoms with Crippen LogP contribution in [0.4, 0.5) is 0 Å². The van der Waals surface area contributed by atoms with Crippen LogP contribution in [0.25, 0.3) is 0 Å². The van der Waals surface area contributed by atoms with Gasteiger partial charge in [0.15, 0.2) is 0 Å². The number of carbonyl (C=O) groups is 1. The van der Waals surface area contributed by atoms with Gasteiger partial charge in [-0.25, -0.2) is 0 Å². The predicted octanol–water partition coefficient (Wildman–Crippen LogP) is 1.59. The number of rotatable bonds is 6. The molecule has 94 valence electrons. The molecule has 1 aromatic carbocycles. The van der Waals surface area contributed by atoms with Gasteiger partial charge in [-0.3, -0.25) is 4.79 Å². The zero-order valence-electron chi connectivity index (χ0n) is 9.80. The molecule has 0 fully saturated rings. The summed E-state index contributed by atoms with van der Waals surface area (Å²) in [7, 11) is 0. The van der Waals surface area contributed by atoms with E-state index in [0.717, 1.165) is 16.9 Å². The van der Waals surface area contributed by atoms with Gasteiger partial charge in [0.05, 0.1) is 19.2 Å². The van der Waals surface area contributed by atoms with E-state index in [1.807, 2.05) is 30.3 Å². The first-order chi connectivity index (χ1) is 8.74. The number of benzene rings is 1. The van der Waals surface area contributed by atoms with Crippen molar-refractivity contribution in [2.45, 2.75) is 19.5 Å². The Labute approximate surface area is 104 Å². The van der Waals surface area contributed by atoms with Crippen LogP contribution < -0.4 is 5.32 Å². The van der Waals surface area contributed by atoms with E-state index in [4.69, 9.17) is 9.63 Å². The maximum atomic E-state index is 10.5. The topological polar surface area (TPSA) is 75.4 Å². The van der Waals surface area contributed by atoms with Crippen LogP contribution in [0.15, 0.2) is 41.1 Å². The van der Waals surface area contributed by atoms with Crippen molar-refractivity contribution < 1.29 is 14.4 Å². The third kappa shape index (κ3) is 3.71. The monoisotopic (exact) mass is 246 g/mol. The lowest BCUT2D eigenvalue weighted by Gasteiger charge is -2.04. The first kappa shape index (κ1) is 12.3. The summed E-state index contributed by atoms with van der Waals surface area (Å²) in [4.78, 5) is 10.5. The molecule has 0 aliphatic heterocycles. The van der Waals surface area contributed by atoms with E-state index in [9.17, 15) is 4.79 Å². The van der Waals surface area contributed by atoms with Gasteiger partial charge in [-0.05, 0) is 11.1 Å². The maximum Gasteiger partial charge on any atom is 0.307 e.